The molecule has 164 valence electrons. The largest absolute Gasteiger partial charge is 0.490 e. The first-order valence-corrected chi connectivity index (χ1v) is 10.8. The van der Waals surface area contributed by atoms with Crippen LogP contribution in [0.1, 0.15) is 75.1 Å². The minimum Gasteiger partial charge on any atom is -0.490 e. The Hall–Kier alpha value is -2.84. The molecule has 0 bridgehead atoms. The number of carbonyl (C=O) groups excluding carboxylic acids is 1. The van der Waals surface area contributed by atoms with E-state index in [4.69, 9.17) is 14.2 Å². The quantitative estimate of drug-likeness (QED) is 0.633. The minimum absolute atomic E-state index is 0.252. The van der Waals surface area contributed by atoms with E-state index in [1.54, 1.807) is 12.1 Å². The highest BCUT2D eigenvalue weighted by atomic mass is 16.5. The molecule has 1 aliphatic carbocycles. The van der Waals surface area contributed by atoms with Crippen molar-refractivity contribution in [3.63, 3.8) is 0 Å². The molecule has 2 aromatic rings. The summed E-state index contributed by atoms with van der Waals surface area (Å²) in [6.45, 7) is 7.28. The van der Waals surface area contributed by atoms with E-state index in [1.165, 1.54) is 19.3 Å². The van der Waals surface area contributed by atoms with Crippen molar-refractivity contribution in [3.8, 4) is 17.2 Å². The number of rotatable bonds is 10. The van der Waals surface area contributed by atoms with E-state index in [0.717, 1.165) is 12.8 Å². The van der Waals surface area contributed by atoms with Crippen molar-refractivity contribution < 1.29 is 19.0 Å². The Morgan fingerprint density at radius 2 is 1.67 bits per heavy atom. The van der Waals surface area contributed by atoms with E-state index in [-0.39, 0.29) is 12.5 Å². The van der Waals surface area contributed by atoms with Gasteiger partial charge in [0, 0.05) is 5.56 Å². The number of tetrazole rings is 1. The van der Waals surface area contributed by atoms with Crippen molar-refractivity contribution in [3.05, 3.63) is 23.5 Å². The highest BCUT2D eigenvalue weighted by Crippen LogP contribution is 2.39. The normalized spacial score (nSPS) is 14.4. The second kappa shape index (κ2) is 10.8. The van der Waals surface area contributed by atoms with Crippen molar-refractivity contribution in [2.24, 2.45) is 0 Å². The van der Waals surface area contributed by atoms with Gasteiger partial charge in [-0.3, -0.25) is 4.79 Å². The van der Waals surface area contributed by atoms with Crippen LogP contribution in [0.2, 0.25) is 0 Å². The lowest BCUT2D eigenvalue weighted by Crippen LogP contribution is -2.26. The van der Waals surface area contributed by atoms with Gasteiger partial charge in [-0.15, -0.1) is 5.10 Å². The average molecular weight is 418 g/mol. The lowest BCUT2D eigenvalue weighted by atomic mass is 9.95. The second-order valence-electron chi connectivity index (χ2n) is 7.11. The van der Waals surface area contributed by atoms with Crippen LogP contribution in [-0.4, -0.2) is 45.9 Å². The number of ether oxygens (including phenoxy) is 3. The van der Waals surface area contributed by atoms with E-state index in [1.807, 2.05) is 25.5 Å². The van der Waals surface area contributed by atoms with Gasteiger partial charge in [0.1, 0.15) is 0 Å². The van der Waals surface area contributed by atoms with Crippen LogP contribution in [0.25, 0.3) is 0 Å². The van der Waals surface area contributed by atoms with Gasteiger partial charge in [0.2, 0.25) is 5.75 Å². The number of hydrogen-bond acceptors (Lipinski definition) is 7. The molecule has 1 fully saturated rings. The first-order valence-electron chi connectivity index (χ1n) is 10.8. The number of hydrogen-bond donors (Lipinski definition) is 1. The molecular formula is C21H31N5O4. The van der Waals surface area contributed by atoms with Crippen molar-refractivity contribution in [2.45, 2.75) is 65.5 Å². The van der Waals surface area contributed by atoms with Gasteiger partial charge in [-0.1, -0.05) is 19.3 Å². The molecule has 3 rings (SSSR count). The summed E-state index contributed by atoms with van der Waals surface area (Å²) in [5.74, 6) is 1.90. The smallest absolute Gasteiger partial charge is 0.251 e. The molecular weight excluding hydrogens is 386 g/mol. The molecule has 30 heavy (non-hydrogen) atoms. The van der Waals surface area contributed by atoms with Gasteiger partial charge in [0.15, 0.2) is 17.3 Å². The average Bonchev–Trinajstić information content (AvgIpc) is 3.23. The number of benzene rings is 1. The summed E-state index contributed by atoms with van der Waals surface area (Å²) >= 11 is 0. The molecule has 9 nitrogen and oxygen atoms in total. The Bertz CT molecular complexity index is 806. The van der Waals surface area contributed by atoms with Crippen molar-refractivity contribution in [2.75, 3.05) is 19.8 Å². The van der Waals surface area contributed by atoms with Crippen LogP contribution in [0.5, 0.6) is 17.2 Å². The Labute approximate surface area is 177 Å². The summed E-state index contributed by atoms with van der Waals surface area (Å²) in [7, 11) is 0. The SMILES string of the molecule is CCOc1cc(C(=O)NCc2nnnn2C2CCCCC2)cc(OCC)c1OCC. The third kappa shape index (κ3) is 5.20. The van der Waals surface area contributed by atoms with E-state index in [2.05, 4.69) is 20.8 Å². The molecule has 0 unspecified atom stereocenters. The molecule has 1 aromatic carbocycles. The van der Waals surface area contributed by atoms with Gasteiger partial charge in [0.05, 0.1) is 32.4 Å². The molecule has 1 aromatic heterocycles. The molecule has 1 N–H and O–H groups in total. The number of carbonyl (C=O) groups is 1. The lowest BCUT2D eigenvalue weighted by Gasteiger charge is -2.22. The fourth-order valence-electron chi connectivity index (χ4n) is 3.72. The first-order chi connectivity index (χ1) is 14.7. The second-order valence-corrected chi connectivity index (χ2v) is 7.11. The molecule has 0 atom stereocenters. The van der Waals surface area contributed by atoms with Gasteiger partial charge >= 0.3 is 0 Å². The summed E-state index contributed by atoms with van der Waals surface area (Å²) < 4.78 is 18.9. The maximum atomic E-state index is 12.9. The predicted octanol–water partition coefficient (Wildman–Crippen LogP) is 3.30. The van der Waals surface area contributed by atoms with E-state index < -0.39 is 0 Å². The zero-order chi connectivity index (χ0) is 21.3. The fraction of sp³-hybridized carbons (Fsp3) is 0.619. The molecule has 1 amide bonds. The lowest BCUT2D eigenvalue weighted by molar-refractivity contribution is 0.0947. The standard InChI is InChI=1S/C21H31N5O4/c1-4-28-17-12-15(13-18(29-5-2)20(17)30-6-3)21(27)22-14-19-23-24-25-26(19)16-10-8-7-9-11-16/h12-13,16H,4-11,14H2,1-3H3,(H,22,27). The Morgan fingerprint density at radius 3 is 2.27 bits per heavy atom. The Balaban J connectivity index is 1.76. The monoisotopic (exact) mass is 417 g/mol. The number of amides is 1. The van der Waals surface area contributed by atoms with Crippen LogP contribution in [0, 0.1) is 0 Å². The first kappa shape index (κ1) is 21.9. The Morgan fingerprint density at radius 1 is 1.03 bits per heavy atom. The Kier molecular flexibility index (Phi) is 7.87. The van der Waals surface area contributed by atoms with Gasteiger partial charge in [-0.2, -0.15) is 0 Å². The third-order valence-electron chi connectivity index (χ3n) is 5.06. The summed E-state index contributed by atoms with van der Waals surface area (Å²) in [5, 5.41) is 15.0. The molecule has 0 aliphatic heterocycles. The molecule has 0 spiro atoms. The van der Waals surface area contributed by atoms with Crippen molar-refractivity contribution in [1.82, 2.24) is 25.5 Å². The number of nitrogens with zero attached hydrogens (tertiary/aromatic N) is 4. The summed E-state index contributed by atoms with van der Waals surface area (Å²) in [4.78, 5) is 12.9. The topological polar surface area (TPSA) is 100 Å². The highest BCUT2D eigenvalue weighted by molar-refractivity contribution is 5.95. The zero-order valence-electron chi connectivity index (χ0n) is 18.0. The number of nitrogens with one attached hydrogen (secondary N) is 1. The molecule has 1 saturated carbocycles. The zero-order valence-corrected chi connectivity index (χ0v) is 18.0. The fourth-order valence-corrected chi connectivity index (χ4v) is 3.72. The molecule has 0 radical (unpaired) electrons. The van der Waals surface area contributed by atoms with Crippen LogP contribution >= 0.6 is 0 Å². The molecule has 1 aliphatic rings. The maximum Gasteiger partial charge on any atom is 0.251 e. The maximum absolute atomic E-state index is 12.9. The summed E-state index contributed by atoms with van der Waals surface area (Å²) in [5.41, 5.74) is 0.432. The minimum atomic E-state index is -0.252. The molecule has 1 heterocycles. The van der Waals surface area contributed by atoms with E-state index in [9.17, 15) is 4.79 Å². The van der Waals surface area contributed by atoms with Crippen molar-refractivity contribution >= 4 is 5.91 Å². The van der Waals surface area contributed by atoms with Gasteiger partial charge in [-0.25, -0.2) is 4.68 Å². The van der Waals surface area contributed by atoms with Crippen LogP contribution in [0.15, 0.2) is 12.1 Å². The summed E-state index contributed by atoms with van der Waals surface area (Å²) in [6.07, 6.45) is 5.76. The highest BCUT2D eigenvalue weighted by Gasteiger charge is 2.22. The van der Waals surface area contributed by atoms with Crippen LogP contribution in [0.3, 0.4) is 0 Å². The van der Waals surface area contributed by atoms with Crippen molar-refractivity contribution in [1.29, 1.82) is 0 Å². The predicted molar refractivity (Wildman–Crippen MR) is 111 cm³/mol. The van der Waals surface area contributed by atoms with Crippen LogP contribution in [0.4, 0.5) is 0 Å². The number of aromatic nitrogens is 4. The van der Waals surface area contributed by atoms with Gasteiger partial charge < -0.3 is 19.5 Å². The third-order valence-corrected chi connectivity index (χ3v) is 5.06. The molecule has 0 saturated heterocycles. The van der Waals surface area contributed by atoms with Gasteiger partial charge in [-0.05, 0) is 56.2 Å². The van der Waals surface area contributed by atoms with Crippen LogP contribution in [-0.2, 0) is 6.54 Å². The summed E-state index contributed by atoms with van der Waals surface area (Å²) in [6, 6.07) is 3.66. The van der Waals surface area contributed by atoms with Gasteiger partial charge in [0.25, 0.3) is 5.91 Å². The van der Waals surface area contributed by atoms with E-state index in [0.29, 0.717) is 54.5 Å². The van der Waals surface area contributed by atoms with Crippen LogP contribution < -0.4 is 19.5 Å². The van der Waals surface area contributed by atoms with E-state index >= 15 is 0 Å². The molecule has 9 heteroatoms.